The fourth-order valence-electron chi connectivity index (χ4n) is 1.71. The number of hydrogen-bond donors (Lipinski definition) is 0. The monoisotopic (exact) mass is 292 g/mol. The van der Waals surface area contributed by atoms with Crippen LogP contribution in [0.5, 0.6) is 0 Å². The molecule has 2 nitrogen and oxygen atoms in total. The van der Waals surface area contributed by atoms with Crippen molar-refractivity contribution in [2.45, 2.75) is 39.0 Å². The fraction of sp³-hybridized carbons (Fsp3) is 0.471. The van der Waals surface area contributed by atoms with Gasteiger partial charge in [-0.15, -0.1) is 11.8 Å². The van der Waals surface area contributed by atoms with Crippen LogP contribution in [-0.2, 0) is 9.53 Å². The first-order valence-corrected chi connectivity index (χ1v) is 8.11. The van der Waals surface area contributed by atoms with Crippen molar-refractivity contribution in [3.8, 4) is 0 Å². The Bertz CT molecular complexity index is 467. The predicted octanol–water partition coefficient (Wildman–Crippen LogP) is 4.79. The van der Waals surface area contributed by atoms with Crippen molar-refractivity contribution in [2.24, 2.45) is 5.41 Å². The molecular weight excluding hydrogens is 268 g/mol. The van der Waals surface area contributed by atoms with E-state index in [9.17, 15) is 4.79 Å². The van der Waals surface area contributed by atoms with Crippen LogP contribution in [0.4, 0.5) is 0 Å². The topological polar surface area (TPSA) is 26.3 Å². The largest absolute Gasteiger partial charge is 0.462 e. The summed E-state index contributed by atoms with van der Waals surface area (Å²) in [6.45, 7) is 8.69. The minimum atomic E-state index is -0.242. The maximum Gasteiger partial charge on any atom is 0.338 e. The van der Waals surface area contributed by atoms with Crippen molar-refractivity contribution in [2.75, 3.05) is 12.9 Å². The van der Waals surface area contributed by atoms with Gasteiger partial charge in [0.1, 0.15) is 0 Å². The van der Waals surface area contributed by atoms with Crippen molar-refractivity contribution < 1.29 is 9.53 Å². The Balaban J connectivity index is 3.05. The van der Waals surface area contributed by atoms with E-state index < -0.39 is 0 Å². The first kappa shape index (κ1) is 16.8. The molecule has 0 radical (unpaired) electrons. The second-order valence-corrected chi connectivity index (χ2v) is 6.71. The van der Waals surface area contributed by atoms with Gasteiger partial charge in [0.25, 0.3) is 0 Å². The molecule has 0 aliphatic carbocycles. The van der Waals surface area contributed by atoms with Gasteiger partial charge in [-0.25, -0.2) is 4.79 Å². The molecule has 0 bridgehead atoms. The number of allylic oxidation sites excluding steroid dienone is 1. The van der Waals surface area contributed by atoms with Crippen LogP contribution in [0.1, 0.15) is 39.7 Å². The minimum absolute atomic E-state index is 0.150. The van der Waals surface area contributed by atoms with Crippen LogP contribution in [0.15, 0.2) is 35.2 Å². The van der Waals surface area contributed by atoms with Crippen molar-refractivity contribution >= 4 is 23.3 Å². The van der Waals surface area contributed by atoms with Crippen LogP contribution >= 0.6 is 11.8 Å². The van der Waals surface area contributed by atoms with Crippen molar-refractivity contribution in [1.82, 2.24) is 0 Å². The van der Waals surface area contributed by atoms with E-state index >= 15 is 0 Å². The summed E-state index contributed by atoms with van der Waals surface area (Å²) in [5.74, 6) is -0.242. The van der Waals surface area contributed by atoms with E-state index in [1.807, 2.05) is 43.5 Å². The highest BCUT2D eigenvalue weighted by molar-refractivity contribution is 7.98. The summed E-state index contributed by atoms with van der Waals surface area (Å²) in [5, 5.41) is 0. The summed E-state index contributed by atoms with van der Waals surface area (Å²) in [6, 6.07) is 8.03. The van der Waals surface area contributed by atoms with Crippen LogP contribution in [0.25, 0.3) is 5.57 Å². The van der Waals surface area contributed by atoms with Crippen LogP contribution in [0.2, 0.25) is 0 Å². The third-order valence-electron chi connectivity index (χ3n) is 2.81. The number of carbonyl (C=O) groups excluding carboxylic acids is 1. The molecule has 1 rings (SSSR count). The molecule has 0 amide bonds. The zero-order valence-electron chi connectivity index (χ0n) is 13.0. The number of esters is 1. The Labute approximate surface area is 126 Å². The maximum absolute atomic E-state index is 12.1. The third kappa shape index (κ3) is 5.41. The fourth-order valence-corrected chi connectivity index (χ4v) is 2.11. The molecule has 0 aliphatic heterocycles. The van der Waals surface area contributed by atoms with Gasteiger partial charge in [-0.05, 0) is 42.7 Å². The van der Waals surface area contributed by atoms with E-state index in [4.69, 9.17) is 4.74 Å². The van der Waals surface area contributed by atoms with E-state index in [0.717, 1.165) is 12.0 Å². The highest BCUT2D eigenvalue weighted by atomic mass is 32.2. The molecule has 0 aliphatic rings. The third-order valence-corrected chi connectivity index (χ3v) is 3.56. The van der Waals surface area contributed by atoms with Gasteiger partial charge >= 0.3 is 5.97 Å². The second kappa shape index (κ2) is 7.53. The summed E-state index contributed by atoms with van der Waals surface area (Å²) in [6.07, 6.45) is 4.87. The van der Waals surface area contributed by atoms with E-state index in [0.29, 0.717) is 12.2 Å². The first-order valence-electron chi connectivity index (χ1n) is 6.89. The Morgan fingerprint density at radius 1 is 1.25 bits per heavy atom. The quantitative estimate of drug-likeness (QED) is 0.443. The molecule has 110 valence electrons. The molecule has 0 heterocycles. The molecule has 1 aromatic rings. The Hall–Kier alpha value is -1.22. The molecule has 20 heavy (non-hydrogen) atoms. The van der Waals surface area contributed by atoms with Crippen molar-refractivity contribution in [3.05, 3.63) is 35.9 Å². The number of hydrogen-bond acceptors (Lipinski definition) is 3. The highest BCUT2D eigenvalue weighted by Gasteiger charge is 2.15. The lowest BCUT2D eigenvalue weighted by molar-refractivity contribution is -0.136. The molecule has 0 saturated heterocycles. The molecule has 0 atom stereocenters. The number of ether oxygens (including phenoxy) is 1. The van der Waals surface area contributed by atoms with Crippen LogP contribution in [-0.4, -0.2) is 18.8 Å². The van der Waals surface area contributed by atoms with E-state index in [1.165, 1.54) is 4.90 Å². The highest BCUT2D eigenvalue weighted by Crippen LogP contribution is 2.25. The normalized spacial score (nSPS) is 12.3. The number of rotatable bonds is 5. The van der Waals surface area contributed by atoms with Crippen LogP contribution in [0, 0.1) is 5.41 Å². The SMILES string of the molecule is CCOC(=O)/C(=C/CC(C)(C)C)c1ccc(SC)cc1. The summed E-state index contributed by atoms with van der Waals surface area (Å²) < 4.78 is 5.17. The summed E-state index contributed by atoms with van der Waals surface area (Å²) in [7, 11) is 0. The second-order valence-electron chi connectivity index (χ2n) is 5.83. The van der Waals surface area contributed by atoms with Gasteiger partial charge in [-0.1, -0.05) is 39.0 Å². The van der Waals surface area contributed by atoms with Gasteiger partial charge in [0.2, 0.25) is 0 Å². The Kier molecular flexibility index (Phi) is 6.34. The molecule has 0 fully saturated rings. The zero-order valence-corrected chi connectivity index (χ0v) is 13.8. The summed E-state index contributed by atoms with van der Waals surface area (Å²) in [5.41, 5.74) is 1.73. The van der Waals surface area contributed by atoms with E-state index in [-0.39, 0.29) is 11.4 Å². The van der Waals surface area contributed by atoms with E-state index in [1.54, 1.807) is 11.8 Å². The molecule has 0 unspecified atom stereocenters. The van der Waals surface area contributed by atoms with Crippen LogP contribution < -0.4 is 0 Å². The summed E-state index contributed by atoms with van der Waals surface area (Å²) in [4.78, 5) is 13.3. The lowest BCUT2D eigenvalue weighted by Crippen LogP contribution is -2.09. The lowest BCUT2D eigenvalue weighted by Gasteiger charge is -2.16. The average Bonchev–Trinajstić information content (AvgIpc) is 2.38. The maximum atomic E-state index is 12.1. The number of carbonyl (C=O) groups is 1. The molecule has 0 saturated carbocycles. The zero-order chi connectivity index (χ0) is 15.2. The van der Waals surface area contributed by atoms with Gasteiger partial charge in [-0.2, -0.15) is 0 Å². The molecule has 0 N–H and O–H groups in total. The smallest absolute Gasteiger partial charge is 0.338 e. The standard InChI is InChI=1S/C17H24O2S/c1-6-19-16(18)15(11-12-17(2,3)4)13-7-9-14(20-5)10-8-13/h7-11H,6,12H2,1-5H3/b15-11+. The molecule has 0 aromatic heterocycles. The average molecular weight is 292 g/mol. The van der Waals surface area contributed by atoms with E-state index in [2.05, 4.69) is 20.8 Å². The molecule has 1 aromatic carbocycles. The predicted molar refractivity (Wildman–Crippen MR) is 86.9 cm³/mol. The lowest BCUT2D eigenvalue weighted by atomic mass is 9.90. The van der Waals surface area contributed by atoms with Crippen molar-refractivity contribution in [1.29, 1.82) is 0 Å². The van der Waals surface area contributed by atoms with Gasteiger partial charge < -0.3 is 4.74 Å². The first-order chi connectivity index (χ1) is 9.37. The Morgan fingerprint density at radius 3 is 2.30 bits per heavy atom. The van der Waals surface area contributed by atoms with Gasteiger partial charge in [-0.3, -0.25) is 0 Å². The van der Waals surface area contributed by atoms with Gasteiger partial charge in [0.15, 0.2) is 0 Å². The molecule has 0 spiro atoms. The molecular formula is C17H24O2S. The van der Waals surface area contributed by atoms with Gasteiger partial charge in [0, 0.05) is 4.90 Å². The number of benzene rings is 1. The minimum Gasteiger partial charge on any atom is -0.462 e. The summed E-state index contributed by atoms with van der Waals surface area (Å²) >= 11 is 1.69. The Morgan fingerprint density at radius 2 is 1.85 bits per heavy atom. The van der Waals surface area contributed by atoms with Crippen molar-refractivity contribution in [3.63, 3.8) is 0 Å². The molecule has 3 heteroatoms. The van der Waals surface area contributed by atoms with Crippen LogP contribution in [0.3, 0.4) is 0 Å². The van der Waals surface area contributed by atoms with Gasteiger partial charge in [0.05, 0.1) is 12.2 Å². The number of thioether (sulfide) groups is 1.